The third-order valence-electron chi connectivity index (χ3n) is 4.51. The fraction of sp³-hybridized carbons (Fsp3) is 0.167. The number of benzene rings is 2. The molecule has 1 unspecified atom stereocenters. The number of aromatic nitrogens is 2. The van der Waals surface area contributed by atoms with Gasteiger partial charge >= 0.3 is 5.97 Å². The molecule has 1 amide bonds. The molecule has 0 saturated carbocycles. The van der Waals surface area contributed by atoms with E-state index in [1.54, 1.807) is 0 Å². The number of nitrogens with zero attached hydrogens (tertiary/aromatic N) is 2. The molecule has 1 aliphatic heterocycles. The Balaban J connectivity index is 1.80. The van der Waals surface area contributed by atoms with E-state index < -0.39 is 23.7 Å². The number of hydrogen-bond acceptors (Lipinski definition) is 3. The minimum atomic E-state index is -1.09. The molecule has 0 bridgehead atoms. The average molecular weight is 339 g/mol. The fourth-order valence-electron chi connectivity index (χ4n) is 3.29. The molecule has 1 aliphatic rings. The Hall–Kier alpha value is -3.22. The van der Waals surface area contributed by atoms with Gasteiger partial charge in [0.25, 0.3) is 5.91 Å². The Morgan fingerprint density at radius 3 is 2.76 bits per heavy atom. The zero-order valence-corrected chi connectivity index (χ0v) is 13.1. The van der Waals surface area contributed by atoms with Crippen LogP contribution in [0.4, 0.5) is 4.39 Å². The van der Waals surface area contributed by atoms with Crippen molar-refractivity contribution in [1.82, 2.24) is 14.9 Å². The lowest BCUT2D eigenvalue weighted by Gasteiger charge is -2.34. The van der Waals surface area contributed by atoms with Gasteiger partial charge in [0.05, 0.1) is 17.4 Å². The summed E-state index contributed by atoms with van der Waals surface area (Å²) in [7, 11) is 0. The van der Waals surface area contributed by atoms with Crippen LogP contribution < -0.4 is 0 Å². The van der Waals surface area contributed by atoms with Gasteiger partial charge in [-0.25, -0.2) is 14.2 Å². The molecular formula is C18H14FN3O3. The number of carbonyl (C=O) groups is 2. The van der Waals surface area contributed by atoms with Crippen LogP contribution in [-0.2, 0) is 17.8 Å². The SMILES string of the molecule is O=C(O)C1Cc2ccccc2CN1C(=O)c1cc(F)cc2[nH]cnc12. The number of fused-ring (bicyclic) bond motifs is 2. The number of amides is 1. The van der Waals surface area contributed by atoms with Gasteiger partial charge in [0.15, 0.2) is 0 Å². The maximum atomic E-state index is 13.9. The first-order chi connectivity index (χ1) is 12.0. The summed E-state index contributed by atoms with van der Waals surface area (Å²) >= 11 is 0. The maximum absolute atomic E-state index is 13.9. The lowest BCUT2D eigenvalue weighted by Crippen LogP contribution is -2.48. The molecule has 6 nitrogen and oxygen atoms in total. The number of rotatable bonds is 2. The van der Waals surface area contributed by atoms with Crippen molar-refractivity contribution in [3.8, 4) is 0 Å². The van der Waals surface area contributed by atoms with Crippen molar-refractivity contribution in [3.05, 3.63) is 65.2 Å². The second-order valence-electron chi connectivity index (χ2n) is 6.01. The zero-order valence-electron chi connectivity index (χ0n) is 13.1. The predicted octanol–water partition coefficient (Wildman–Crippen LogP) is 2.35. The van der Waals surface area contributed by atoms with E-state index in [0.29, 0.717) is 11.0 Å². The number of nitrogens with one attached hydrogen (secondary N) is 1. The number of aromatic amines is 1. The molecule has 0 fully saturated rings. The van der Waals surface area contributed by atoms with Crippen LogP contribution in [0.5, 0.6) is 0 Å². The van der Waals surface area contributed by atoms with Crippen molar-refractivity contribution >= 4 is 22.9 Å². The molecular weight excluding hydrogens is 325 g/mol. The Bertz CT molecular complexity index is 998. The Labute approximate surface area is 141 Å². The lowest BCUT2D eigenvalue weighted by molar-refractivity contribution is -0.142. The molecule has 1 aromatic heterocycles. The average Bonchev–Trinajstić information content (AvgIpc) is 3.07. The second kappa shape index (κ2) is 5.70. The maximum Gasteiger partial charge on any atom is 0.326 e. The van der Waals surface area contributed by atoms with Crippen LogP contribution >= 0.6 is 0 Å². The summed E-state index contributed by atoms with van der Waals surface area (Å²) in [6, 6.07) is 8.76. The molecule has 3 aromatic rings. The number of H-pyrrole nitrogens is 1. The van der Waals surface area contributed by atoms with Crippen molar-refractivity contribution in [2.75, 3.05) is 0 Å². The van der Waals surface area contributed by atoms with Gasteiger partial charge in [-0.2, -0.15) is 0 Å². The van der Waals surface area contributed by atoms with Crippen molar-refractivity contribution in [2.45, 2.75) is 19.0 Å². The molecule has 0 aliphatic carbocycles. The smallest absolute Gasteiger partial charge is 0.326 e. The van der Waals surface area contributed by atoms with E-state index in [2.05, 4.69) is 9.97 Å². The Morgan fingerprint density at radius 1 is 1.24 bits per heavy atom. The first kappa shape index (κ1) is 15.3. The number of carbonyl (C=O) groups excluding carboxylic acids is 1. The normalized spacial score (nSPS) is 16.7. The van der Waals surface area contributed by atoms with Gasteiger partial charge in [-0.05, 0) is 23.3 Å². The largest absolute Gasteiger partial charge is 0.480 e. The summed E-state index contributed by atoms with van der Waals surface area (Å²) in [5.74, 6) is -2.21. The molecule has 2 heterocycles. The summed E-state index contributed by atoms with van der Waals surface area (Å²) in [6.07, 6.45) is 1.59. The summed E-state index contributed by atoms with van der Waals surface area (Å²) < 4.78 is 13.9. The van der Waals surface area contributed by atoms with Crippen LogP contribution in [0.2, 0.25) is 0 Å². The Morgan fingerprint density at radius 2 is 2.00 bits per heavy atom. The number of halogens is 1. The molecule has 126 valence electrons. The molecule has 0 radical (unpaired) electrons. The second-order valence-corrected chi connectivity index (χ2v) is 6.01. The Kier molecular flexibility index (Phi) is 3.49. The lowest BCUT2D eigenvalue weighted by atomic mass is 9.93. The van der Waals surface area contributed by atoms with Crippen molar-refractivity contribution < 1.29 is 19.1 Å². The highest BCUT2D eigenvalue weighted by Crippen LogP contribution is 2.27. The van der Waals surface area contributed by atoms with E-state index >= 15 is 0 Å². The van der Waals surface area contributed by atoms with Crippen molar-refractivity contribution in [3.63, 3.8) is 0 Å². The molecule has 2 aromatic carbocycles. The van der Waals surface area contributed by atoms with Gasteiger partial charge in [-0.1, -0.05) is 24.3 Å². The van der Waals surface area contributed by atoms with E-state index in [4.69, 9.17) is 0 Å². The van der Waals surface area contributed by atoms with E-state index in [0.717, 1.165) is 17.2 Å². The molecule has 25 heavy (non-hydrogen) atoms. The van der Waals surface area contributed by atoms with Crippen LogP contribution in [0.15, 0.2) is 42.7 Å². The predicted molar refractivity (Wildman–Crippen MR) is 87.5 cm³/mol. The molecule has 0 spiro atoms. The molecule has 1 atom stereocenters. The van der Waals surface area contributed by atoms with Gasteiger partial charge < -0.3 is 15.0 Å². The third-order valence-corrected chi connectivity index (χ3v) is 4.51. The van der Waals surface area contributed by atoms with Crippen molar-refractivity contribution in [2.24, 2.45) is 0 Å². The standard InChI is InChI=1S/C18H14FN3O3/c19-12-6-13(16-14(7-12)20-9-21-16)17(23)22-8-11-4-2-1-3-10(11)5-15(22)18(24)25/h1-4,6-7,9,15H,5,8H2,(H,20,21)(H,24,25). The van der Waals surface area contributed by atoms with Gasteiger partial charge in [0.2, 0.25) is 0 Å². The van der Waals surface area contributed by atoms with Crippen LogP contribution in [0, 0.1) is 5.82 Å². The minimum absolute atomic E-state index is 0.0573. The fourth-order valence-corrected chi connectivity index (χ4v) is 3.29. The van der Waals surface area contributed by atoms with Crippen LogP contribution in [0.1, 0.15) is 21.5 Å². The number of imidazole rings is 1. The first-order valence-electron chi connectivity index (χ1n) is 7.78. The summed E-state index contributed by atoms with van der Waals surface area (Å²) in [5, 5.41) is 9.57. The number of hydrogen-bond donors (Lipinski definition) is 2. The zero-order chi connectivity index (χ0) is 17.6. The highest BCUT2D eigenvalue weighted by molar-refractivity contribution is 6.06. The van der Waals surface area contributed by atoms with E-state index in [1.165, 1.54) is 17.3 Å². The summed E-state index contributed by atoms with van der Waals surface area (Å²) in [6.45, 7) is 0.161. The topological polar surface area (TPSA) is 86.3 Å². The summed E-state index contributed by atoms with van der Waals surface area (Å²) in [5.41, 5.74) is 2.58. The van der Waals surface area contributed by atoms with Gasteiger partial charge in [0, 0.05) is 13.0 Å². The molecule has 0 saturated heterocycles. The number of aliphatic carboxylic acids is 1. The van der Waals surface area contributed by atoms with Crippen LogP contribution in [0.25, 0.3) is 11.0 Å². The number of carboxylic acid groups (broad SMARTS) is 1. The van der Waals surface area contributed by atoms with Crippen LogP contribution in [0.3, 0.4) is 0 Å². The van der Waals surface area contributed by atoms with E-state index in [1.807, 2.05) is 24.3 Å². The summed E-state index contributed by atoms with van der Waals surface area (Å²) in [4.78, 5) is 32.8. The quantitative estimate of drug-likeness (QED) is 0.750. The van der Waals surface area contributed by atoms with Crippen molar-refractivity contribution in [1.29, 1.82) is 0 Å². The number of carboxylic acids is 1. The molecule has 7 heteroatoms. The minimum Gasteiger partial charge on any atom is -0.480 e. The van der Waals surface area contributed by atoms with Gasteiger partial charge in [-0.3, -0.25) is 4.79 Å². The monoisotopic (exact) mass is 339 g/mol. The van der Waals surface area contributed by atoms with Gasteiger partial charge in [0.1, 0.15) is 17.4 Å². The molecule has 4 rings (SSSR count). The van der Waals surface area contributed by atoms with Crippen LogP contribution in [-0.4, -0.2) is 37.9 Å². The highest BCUT2D eigenvalue weighted by atomic mass is 19.1. The van der Waals surface area contributed by atoms with E-state index in [-0.39, 0.29) is 18.5 Å². The first-order valence-corrected chi connectivity index (χ1v) is 7.78. The highest BCUT2D eigenvalue weighted by Gasteiger charge is 2.35. The van der Waals surface area contributed by atoms with Gasteiger partial charge in [-0.15, -0.1) is 0 Å². The third kappa shape index (κ3) is 2.53. The molecule has 2 N–H and O–H groups in total. The van der Waals surface area contributed by atoms with E-state index in [9.17, 15) is 19.1 Å².